The number of guanidine groups is 1. The molecule has 6 nitrogen and oxygen atoms in total. The molecule has 0 atom stereocenters. The highest BCUT2D eigenvalue weighted by atomic mass is 16.5. The third kappa shape index (κ3) is 5.66. The van der Waals surface area contributed by atoms with Crippen molar-refractivity contribution in [1.29, 1.82) is 0 Å². The summed E-state index contributed by atoms with van der Waals surface area (Å²) in [4.78, 5) is 11.3. The number of pyridine rings is 1. The average molecular weight is 385 g/mol. The topological polar surface area (TPSA) is 59.0 Å². The molecule has 1 aromatic heterocycles. The lowest BCUT2D eigenvalue weighted by Gasteiger charge is -2.34. The number of hydrogen-bond acceptors (Lipinski definition) is 4. The molecular weight excluding hydrogens is 352 g/mol. The minimum Gasteiger partial charge on any atom is -0.385 e. The second kappa shape index (κ2) is 11.0. The van der Waals surface area contributed by atoms with Crippen LogP contribution in [-0.4, -0.2) is 69.0 Å². The highest BCUT2D eigenvalue weighted by molar-refractivity contribution is 5.82. The van der Waals surface area contributed by atoms with Crippen molar-refractivity contribution in [2.24, 2.45) is 4.99 Å². The Labute approximate surface area is 168 Å². The lowest BCUT2D eigenvalue weighted by Crippen LogP contribution is -2.47. The molecule has 1 fully saturated rings. The van der Waals surface area contributed by atoms with E-state index in [4.69, 9.17) is 9.47 Å². The predicted molar refractivity (Wildman–Crippen MR) is 114 cm³/mol. The number of nitrogens with one attached hydrogen (secondary N) is 1. The van der Waals surface area contributed by atoms with E-state index in [-0.39, 0.29) is 0 Å². The number of rotatable bonds is 8. The fourth-order valence-corrected chi connectivity index (χ4v) is 3.70. The van der Waals surface area contributed by atoms with Crippen LogP contribution in [0.25, 0.3) is 10.9 Å². The summed E-state index contributed by atoms with van der Waals surface area (Å²) in [5.41, 5.74) is 2.36. The number of ether oxygens (including phenoxy) is 2. The molecule has 28 heavy (non-hydrogen) atoms. The zero-order valence-corrected chi connectivity index (χ0v) is 17.1. The van der Waals surface area contributed by atoms with Crippen LogP contribution in [-0.2, 0) is 15.9 Å². The first-order valence-corrected chi connectivity index (χ1v) is 10.2. The van der Waals surface area contributed by atoms with Gasteiger partial charge in [-0.1, -0.05) is 24.3 Å². The summed E-state index contributed by atoms with van der Waals surface area (Å²) in [6.07, 6.45) is 6.18. The summed E-state index contributed by atoms with van der Waals surface area (Å²) in [5, 5.41) is 4.71. The minimum atomic E-state index is 0.355. The normalized spacial score (nSPS) is 15.9. The van der Waals surface area contributed by atoms with Gasteiger partial charge in [-0.15, -0.1) is 0 Å². The lowest BCUT2D eigenvalue weighted by atomic mass is 10.1. The zero-order chi connectivity index (χ0) is 19.6. The van der Waals surface area contributed by atoms with Gasteiger partial charge in [-0.3, -0.25) is 9.98 Å². The number of fused-ring (bicyclic) bond motifs is 1. The van der Waals surface area contributed by atoms with E-state index in [0.29, 0.717) is 6.10 Å². The van der Waals surface area contributed by atoms with E-state index in [2.05, 4.69) is 44.5 Å². The Bertz CT molecular complexity index is 752. The third-order valence-corrected chi connectivity index (χ3v) is 5.19. The zero-order valence-electron chi connectivity index (χ0n) is 17.1. The molecule has 1 aliphatic rings. The van der Waals surface area contributed by atoms with Gasteiger partial charge in [0.15, 0.2) is 5.96 Å². The minimum absolute atomic E-state index is 0.355. The molecule has 0 saturated carbocycles. The summed E-state index contributed by atoms with van der Waals surface area (Å²) in [6, 6.07) is 10.5. The number of aromatic nitrogens is 1. The maximum atomic E-state index is 5.95. The van der Waals surface area contributed by atoms with Gasteiger partial charge in [0, 0.05) is 58.6 Å². The van der Waals surface area contributed by atoms with E-state index >= 15 is 0 Å². The SMILES string of the molecule is CN=C(NCCc1cccc2cccnc12)N1CCC(OCCCOC)CC1. The number of methoxy groups -OCH3 is 1. The smallest absolute Gasteiger partial charge is 0.193 e. The van der Waals surface area contributed by atoms with Crippen LogP contribution in [0.1, 0.15) is 24.8 Å². The van der Waals surface area contributed by atoms with Gasteiger partial charge >= 0.3 is 0 Å². The number of benzene rings is 1. The first kappa shape index (κ1) is 20.6. The van der Waals surface area contributed by atoms with Crippen molar-refractivity contribution < 1.29 is 9.47 Å². The second-order valence-corrected chi connectivity index (χ2v) is 7.12. The van der Waals surface area contributed by atoms with Gasteiger partial charge in [-0.2, -0.15) is 0 Å². The molecule has 2 heterocycles. The maximum Gasteiger partial charge on any atom is 0.193 e. The number of para-hydroxylation sites is 1. The summed E-state index contributed by atoms with van der Waals surface area (Å²) in [7, 11) is 3.59. The highest BCUT2D eigenvalue weighted by Gasteiger charge is 2.21. The fourth-order valence-electron chi connectivity index (χ4n) is 3.70. The van der Waals surface area contributed by atoms with E-state index in [9.17, 15) is 0 Å². The van der Waals surface area contributed by atoms with Crippen LogP contribution in [0.5, 0.6) is 0 Å². The summed E-state index contributed by atoms with van der Waals surface area (Å²) in [6.45, 7) is 4.34. The van der Waals surface area contributed by atoms with Gasteiger partial charge in [0.1, 0.15) is 0 Å². The van der Waals surface area contributed by atoms with Crippen LogP contribution < -0.4 is 5.32 Å². The van der Waals surface area contributed by atoms with Gasteiger partial charge in [0.2, 0.25) is 0 Å². The molecule has 1 N–H and O–H groups in total. The van der Waals surface area contributed by atoms with E-state index in [1.807, 2.05) is 19.3 Å². The van der Waals surface area contributed by atoms with Crippen LogP contribution >= 0.6 is 0 Å². The monoisotopic (exact) mass is 384 g/mol. The quantitative estimate of drug-likeness (QED) is 0.431. The molecule has 0 amide bonds. The van der Waals surface area contributed by atoms with Crippen LogP contribution in [0.3, 0.4) is 0 Å². The van der Waals surface area contributed by atoms with Crippen LogP contribution in [0.15, 0.2) is 41.5 Å². The maximum absolute atomic E-state index is 5.95. The average Bonchev–Trinajstić information content (AvgIpc) is 2.75. The molecule has 1 saturated heterocycles. The van der Waals surface area contributed by atoms with Crippen molar-refractivity contribution in [1.82, 2.24) is 15.2 Å². The molecule has 0 aliphatic carbocycles. The molecule has 152 valence electrons. The molecule has 0 bridgehead atoms. The van der Waals surface area contributed by atoms with Crippen molar-refractivity contribution in [3.05, 3.63) is 42.1 Å². The number of piperidine rings is 1. The largest absolute Gasteiger partial charge is 0.385 e. The third-order valence-electron chi connectivity index (χ3n) is 5.19. The van der Waals surface area contributed by atoms with Crippen molar-refractivity contribution >= 4 is 16.9 Å². The molecule has 3 rings (SSSR count). The Kier molecular flexibility index (Phi) is 8.06. The van der Waals surface area contributed by atoms with Gasteiger partial charge < -0.3 is 19.7 Å². The van der Waals surface area contributed by atoms with Crippen molar-refractivity contribution in [3.63, 3.8) is 0 Å². The molecule has 6 heteroatoms. The summed E-state index contributed by atoms with van der Waals surface area (Å²) < 4.78 is 11.0. The van der Waals surface area contributed by atoms with Crippen molar-refractivity contribution in [2.75, 3.05) is 47.0 Å². The van der Waals surface area contributed by atoms with E-state index in [1.165, 1.54) is 10.9 Å². The Morgan fingerprint density at radius 1 is 1.21 bits per heavy atom. The number of hydrogen-bond donors (Lipinski definition) is 1. The molecule has 1 aliphatic heterocycles. The Morgan fingerprint density at radius 2 is 2.04 bits per heavy atom. The predicted octanol–water partition coefficient (Wildman–Crippen LogP) is 2.87. The first-order valence-electron chi connectivity index (χ1n) is 10.2. The molecule has 1 aromatic carbocycles. The molecule has 0 radical (unpaired) electrons. The summed E-state index contributed by atoms with van der Waals surface area (Å²) in [5.74, 6) is 0.978. The van der Waals surface area contributed by atoms with Gasteiger partial charge in [0.25, 0.3) is 0 Å². The van der Waals surface area contributed by atoms with Gasteiger partial charge in [-0.25, -0.2) is 0 Å². The van der Waals surface area contributed by atoms with E-state index < -0.39 is 0 Å². The van der Waals surface area contributed by atoms with Crippen LogP contribution in [0, 0.1) is 0 Å². The lowest BCUT2D eigenvalue weighted by molar-refractivity contribution is 0.00992. The molecule has 2 aromatic rings. The molecule has 0 spiro atoms. The second-order valence-electron chi connectivity index (χ2n) is 7.12. The van der Waals surface area contributed by atoms with Crippen molar-refractivity contribution in [2.45, 2.75) is 31.8 Å². The van der Waals surface area contributed by atoms with Crippen molar-refractivity contribution in [3.8, 4) is 0 Å². The fraction of sp³-hybridized carbons (Fsp3) is 0.545. The Morgan fingerprint density at radius 3 is 2.82 bits per heavy atom. The van der Waals surface area contributed by atoms with Gasteiger partial charge in [0.05, 0.1) is 11.6 Å². The van der Waals surface area contributed by atoms with Crippen LogP contribution in [0.4, 0.5) is 0 Å². The van der Waals surface area contributed by atoms with E-state index in [1.54, 1.807) is 7.11 Å². The Hall–Kier alpha value is -2.18. The Balaban J connectivity index is 1.44. The molecule has 0 unspecified atom stereocenters. The summed E-state index contributed by atoms with van der Waals surface area (Å²) >= 11 is 0. The highest BCUT2D eigenvalue weighted by Crippen LogP contribution is 2.17. The van der Waals surface area contributed by atoms with Crippen LogP contribution in [0.2, 0.25) is 0 Å². The standard InChI is InChI=1S/C22H32N4O2/c1-23-22(26-14-10-20(11-15-26)28-17-5-16-27-2)25-13-9-19-7-3-6-18-8-4-12-24-21(18)19/h3-4,6-8,12,20H,5,9-11,13-17H2,1-2H3,(H,23,25). The molecular formula is C22H32N4O2. The van der Waals surface area contributed by atoms with E-state index in [0.717, 1.165) is 70.0 Å². The number of nitrogens with zero attached hydrogens (tertiary/aromatic N) is 3. The number of likely N-dealkylation sites (tertiary alicyclic amines) is 1. The first-order chi connectivity index (χ1) is 13.8. The number of aliphatic imine (C=N–C) groups is 1. The van der Waals surface area contributed by atoms with Gasteiger partial charge in [-0.05, 0) is 37.3 Å².